The number of fused-ring (bicyclic) bond motifs is 1. The maximum atomic E-state index is 11.2. The zero-order valence-corrected chi connectivity index (χ0v) is 14.0. The van der Waals surface area contributed by atoms with Gasteiger partial charge in [0.25, 0.3) is 0 Å². The topological polar surface area (TPSA) is 76.2 Å². The van der Waals surface area contributed by atoms with Crippen molar-refractivity contribution < 1.29 is 14.3 Å². The highest BCUT2D eigenvalue weighted by Crippen LogP contribution is 2.36. The largest absolute Gasteiger partial charge is 0.477 e. The third kappa shape index (κ3) is 2.83. The van der Waals surface area contributed by atoms with Crippen LogP contribution in [-0.4, -0.2) is 21.0 Å². The first-order valence-corrected chi connectivity index (χ1v) is 8.50. The summed E-state index contributed by atoms with van der Waals surface area (Å²) < 4.78 is 6.14. The third-order valence-electron chi connectivity index (χ3n) is 2.87. The van der Waals surface area contributed by atoms with Gasteiger partial charge < -0.3 is 9.52 Å². The standard InChI is InChI=1S/C13H9BrN2O3S2/c1-6-9-11(20-4-7-2-3-8(14)19-7)15-5-16-12(9)21-10(6)13(17)18/h2-3,5H,4H2,1H3,(H,17,18). The quantitative estimate of drug-likeness (QED) is 0.532. The maximum absolute atomic E-state index is 11.2. The van der Waals surface area contributed by atoms with Gasteiger partial charge in [0.15, 0.2) is 4.67 Å². The summed E-state index contributed by atoms with van der Waals surface area (Å²) in [7, 11) is 0. The van der Waals surface area contributed by atoms with Crippen LogP contribution in [0.3, 0.4) is 0 Å². The van der Waals surface area contributed by atoms with Crippen LogP contribution >= 0.6 is 39.0 Å². The van der Waals surface area contributed by atoms with Crippen LogP contribution in [0.5, 0.6) is 0 Å². The van der Waals surface area contributed by atoms with Crippen molar-refractivity contribution in [1.29, 1.82) is 0 Å². The van der Waals surface area contributed by atoms with Gasteiger partial charge >= 0.3 is 5.97 Å². The number of carboxylic acid groups (broad SMARTS) is 1. The number of hydrogen-bond donors (Lipinski definition) is 1. The number of thiophene rings is 1. The number of furan rings is 1. The van der Waals surface area contributed by atoms with Crippen molar-refractivity contribution in [1.82, 2.24) is 9.97 Å². The van der Waals surface area contributed by atoms with Gasteiger partial charge in [0.1, 0.15) is 26.8 Å². The van der Waals surface area contributed by atoms with E-state index in [-0.39, 0.29) is 0 Å². The number of aryl methyl sites for hydroxylation is 1. The third-order valence-corrected chi connectivity index (χ3v) is 5.49. The van der Waals surface area contributed by atoms with Gasteiger partial charge in [-0.05, 0) is 40.5 Å². The van der Waals surface area contributed by atoms with Gasteiger partial charge in [0.05, 0.1) is 5.75 Å². The van der Waals surface area contributed by atoms with E-state index in [1.54, 1.807) is 6.92 Å². The van der Waals surface area contributed by atoms with E-state index in [1.165, 1.54) is 29.4 Å². The van der Waals surface area contributed by atoms with E-state index >= 15 is 0 Å². The van der Waals surface area contributed by atoms with E-state index in [1.807, 2.05) is 12.1 Å². The molecule has 0 aliphatic rings. The van der Waals surface area contributed by atoms with E-state index in [2.05, 4.69) is 25.9 Å². The lowest BCUT2D eigenvalue weighted by atomic mass is 10.2. The lowest BCUT2D eigenvalue weighted by molar-refractivity contribution is 0.0701. The average molecular weight is 385 g/mol. The second kappa shape index (κ2) is 5.78. The molecule has 0 aromatic carbocycles. The minimum absolute atomic E-state index is 0.313. The summed E-state index contributed by atoms with van der Waals surface area (Å²) in [4.78, 5) is 20.7. The predicted octanol–water partition coefficient (Wildman–Crippen LogP) is 4.35. The molecule has 1 N–H and O–H groups in total. The molecule has 3 rings (SSSR count). The highest BCUT2D eigenvalue weighted by Gasteiger charge is 2.18. The van der Waals surface area contributed by atoms with Gasteiger partial charge in [-0.1, -0.05) is 11.8 Å². The Balaban J connectivity index is 1.96. The minimum Gasteiger partial charge on any atom is -0.477 e. The first kappa shape index (κ1) is 14.6. The van der Waals surface area contributed by atoms with Crippen molar-refractivity contribution in [3.63, 3.8) is 0 Å². The van der Waals surface area contributed by atoms with Crippen molar-refractivity contribution in [3.8, 4) is 0 Å². The number of halogens is 1. The molecule has 0 amide bonds. The molecule has 0 fully saturated rings. The van der Waals surface area contributed by atoms with Crippen molar-refractivity contribution in [3.05, 3.63) is 39.3 Å². The van der Waals surface area contributed by atoms with Crippen LogP contribution in [0.25, 0.3) is 10.2 Å². The molecular formula is C13H9BrN2O3S2. The number of aromatic nitrogens is 2. The number of rotatable bonds is 4. The summed E-state index contributed by atoms with van der Waals surface area (Å²) in [6, 6.07) is 3.72. The summed E-state index contributed by atoms with van der Waals surface area (Å²) in [5.41, 5.74) is 0.714. The lowest BCUT2D eigenvalue weighted by Crippen LogP contribution is -1.94. The van der Waals surface area contributed by atoms with Gasteiger partial charge in [-0.2, -0.15) is 0 Å². The van der Waals surface area contributed by atoms with Crippen LogP contribution in [0.1, 0.15) is 21.0 Å². The van der Waals surface area contributed by atoms with E-state index in [0.717, 1.165) is 16.2 Å². The highest BCUT2D eigenvalue weighted by atomic mass is 79.9. The Morgan fingerprint density at radius 1 is 1.48 bits per heavy atom. The molecule has 0 saturated heterocycles. The first-order valence-electron chi connectivity index (χ1n) is 5.90. The van der Waals surface area contributed by atoms with Crippen LogP contribution < -0.4 is 0 Å². The first-order chi connectivity index (χ1) is 10.1. The molecule has 3 heterocycles. The van der Waals surface area contributed by atoms with Gasteiger partial charge in [0, 0.05) is 5.39 Å². The molecule has 3 aromatic heterocycles. The summed E-state index contributed by atoms with van der Waals surface area (Å²) in [6.45, 7) is 1.79. The Hall–Kier alpha value is -1.38. The molecular weight excluding hydrogens is 376 g/mol. The molecule has 0 bridgehead atoms. The van der Waals surface area contributed by atoms with Gasteiger partial charge in [-0.25, -0.2) is 14.8 Å². The second-order valence-electron chi connectivity index (χ2n) is 4.21. The Morgan fingerprint density at radius 3 is 2.95 bits per heavy atom. The summed E-state index contributed by atoms with van der Waals surface area (Å²) >= 11 is 5.94. The van der Waals surface area contributed by atoms with E-state index in [0.29, 0.717) is 25.7 Å². The van der Waals surface area contributed by atoms with E-state index in [4.69, 9.17) is 4.42 Å². The molecule has 3 aromatic rings. The van der Waals surface area contributed by atoms with Crippen LogP contribution in [0.2, 0.25) is 0 Å². The Morgan fingerprint density at radius 2 is 2.29 bits per heavy atom. The number of carboxylic acids is 1. The SMILES string of the molecule is Cc1c(C(=O)O)sc2ncnc(SCc3ccc(Br)o3)c12. The second-order valence-corrected chi connectivity index (χ2v) is 6.96. The number of thioether (sulfide) groups is 1. The molecule has 0 radical (unpaired) electrons. The summed E-state index contributed by atoms with van der Waals surface area (Å²) in [5.74, 6) is 0.515. The van der Waals surface area contributed by atoms with Crippen molar-refractivity contribution >= 4 is 55.2 Å². The van der Waals surface area contributed by atoms with E-state index in [9.17, 15) is 9.90 Å². The Kier molecular flexibility index (Phi) is 4.01. The molecule has 0 aliphatic heterocycles. The zero-order chi connectivity index (χ0) is 15.0. The number of aromatic carboxylic acids is 1. The van der Waals surface area contributed by atoms with Crippen molar-refractivity contribution in [2.75, 3.05) is 0 Å². The molecule has 21 heavy (non-hydrogen) atoms. The lowest BCUT2D eigenvalue weighted by Gasteiger charge is -2.01. The molecule has 0 aliphatic carbocycles. The van der Waals surface area contributed by atoms with Gasteiger partial charge in [-0.3, -0.25) is 0 Å². The van der Waals surface area contributed by atoms with Crippen LogP contribution in [0, 0.1) is 6.92 Å². The molecule has 0 unspecified atom stereocenters. The van der Waals surface area contributed by atoms with Crippen LogP contribution in [0.4, 0.5) is 0 Å². The fourth-order valence-corrected chi connectivity index (χ4v) is 4.26. The molecule has 5 nitrogen and oxygen atoms in total. The fourth-order valence-electron chi connectivity index (χ4n) is 1.92. The normalized spacial score (nSPS) is 11.1. The highest BCUT2D eigenvalue weighted by molar-refractivity contribution is 9.10. The molecule has 0 atom stereocenters. The van der Waals surface area contributed by atoms with E-state index < -0.39 is 5.97 Å². The van der Waals surface area contributed by atoms with Crippen LogP contribution in [0.15, 0.2) is 32.6 Å². The zero-order valence-electron chi connectivity index (χ0n) is 10.8. The molecule has 0 spiro atoms. The Labute approximate surface area is 136 Å². The number of nitrogens with zero attached hydrogens (tertiary/aromatic N) is 2. The molecule has 108 valence electrons. The van der Waals surface area contributed by atoms with Crippen LogP contribution in [-0.2, 0) is 5.75 Å². The number of carbonyl (C=O) groups is 1. The predicted molar refractivity (Wildman–Crippen MR) is 85.1 cm³/mol. The number of hydrogen-bond acceptors (Lipinski definition) is 6. The van der Waals surface area contributed by atoms with Crippen molar-refractivity contribution in [2.24, 2.45) is 0 Å². The summed E-state index contributed by atoms with van der Waals surface area (Å²) in [6.07, 6.45) is 1.46. The Bertz CT molecular complexity index is 828. The van der Waals surface area contributed by atoms with Gasteiger partial charge in [0.2, 0.25) is 0 Å². The smallest absolute Gasteiger partial charge is 0.346 e. The average Bonchev–Trinajstić information content (AvgIpc) is 3.01. The summed E-state index contributed by atoms with van der Waals surface area (Å²) in [5, 5.41) is 10.8. The monoisotopic (exact) mass is 384 g/mol. The maximum Gasteiger partial charge on any atom is 0.346 e. The molecule has 8 heteroatoms. The molecule has 0 saturated carbocycles. The van der Waals surface area contributed by atoms with Crippen molar-refractivity contribution in [2.45, 2.75) is 17.7 Å². The fraction of sp³-hybridized carbons (Fsp3) is 0.154. The van der Waals surface area contributed by atoms with Gasteiger partial charge in [-0.15, -0.1) is 11.3 Å². The minimum atomic E-state index is -0.929.